The molecule has 1 saturated carbocycles. The molecule has 3 rings (SSSR count). The standard InChI is InChI=1S/C13H18N2OS/c16-12-10-6-1-2-7-11(10)14-13(15-12)17-8-9-4-3-5-9/h9H,1-8H2,(H,14,15,16). The normalized spacial score (nSPS) is 19.8. The van der Waals surface area contributed by atoms with Crippen LogP contribution in [0, 0.1) is 5.92 Å². The van der Waals surface area contributed by atoms with Crippen molar-refractivity contribution in [3.63, 3.8) is 0 Å². The van der Waals surface area contributed by atoms with Gasteiger partial charge in [0.25, 0.3) is 5.56 Å². The van der Waals surface area contributed by atoms with Crippen molar-refractivity contribution in [3.8, 4) is 0 Å². The predicted octanol–water partition coefficient (Wildman–Crippen LogP) is 2.54. The lowest BCUT2D eigenvalue weighted by atomic mass is 9.87. The average Bonchev–Trinajstić information content (AvgIpc) is 2.27. The van der Waals surface area contributed by atoms with E-state index in [4.69, 9.17) is 0 Å². The Morgan fingerprint density at radius 1 is 1.24 bits per heavy atom. The number of nitrogens with zero attached hydrogens (tertiary/aromatic N) is 1. The molecule has 1 N–H and O–H groups in total. The van der Waals surface area contributed by atoms with E-state index in [2.05, 4.69) is 9.97 Å². The summed E-state index contributed by atoms with van der Waals surface area (Å²) in [6.45, 7) is 0. The Labute approximate surface area is 105 Å². The Balaban J connectivity index is 1.75. The molecule has 3 nitrogen and oxygen atoms in total. The Hall–Kier alpha value is -0.770. The van der Waals surface area contributed by atoms with Gasteiger partial charge < -0.3 is 4.98 Å². The van der Waals surface area contributed by atoms with Crippen molar-refractivity contribution >= 4 is 11.8 Å². The lowest BCUT2D eigenvalue weighted by Crippen LogP contribution is -2.22. The molecule has 17 heavy (non-hydrogen) atoms. The first-order valence-corrected chi connectivity index (χ1v) is 7.56. The van der Waals surface area contributed by atoms with Crippen LogP contribution < -0.4 is 5.56 Å². The van der Waals surface area contributed by atoms with Gasteiger partial charge in [-0.1, -0.05) is 18.2 Å². The van der Waals surface area contributed by atoms with E-state index in [1.807, 2.05) is 0 Å². The molecular weight excluding hydrogens is 232 g/mol. The summed E-state index contributed by atoms with van der Waals surface area (Å²) in [6.07, 6.45) is 8.27. The van der Waals surface area contributed by atoms with E-state index < -0.39 is 0 Å². The highest BCUT2D eigenvalue weighted by molar-refractivity contribution is 7.99. The van der Waals surface area contributed by atoms with Crippen molar-refractivity contribution in [2.45, 2.75) is 50.1 Å². The number of aromatic amines is 1. The molecule has 0 atom stereocenters. The molecule has 0 aliphatic heterocycles. The number of hydrogen-bond donors (Lipinski definition) is 1. The highest BCUT2D eigenvalue weighted by Crippen LogP contribution is 2.31. The van der Waals surface area contributed by atoms with Crippen LogP contribution in [-0.2, 0) is 12.8 Å². The third-order valence-electron chi connectivity index (χ3n) is 3.85. The summed E-state index contributed by atoms with van der Waals surface area (Å²) in [6, 6.07) is 0. The maximum Gasteiger partial charge on any atom is 0.254 e. The number of nitrogens with one attached hydrogen (secondary N) is 1. The van der Waals surface area contributed by atoms with E-state index in [9.17, 15) is 4.79 Å². The second-order valence-electron chi connectivity index (χ2n) is 5.11. The summed E-state index contributed by atoms with van der Waals surface area (Å²) in [5, 5.41) is 0.836. The highest BCUT2D eigenvalue weighted by atomic mass is 32.2. The van der Waals surface area contributed by atoms with Gasteiger partial charge in [0.2, 0.25) is 0 Å². The highest BCUT2D eigenvalue weighted by Gasteiger charge is 2.19. The van der Waals surface area contributed by atoms with Crippen LogP contribution in [0.4, 0.5) is 0 Å². The van der Waals surface area contributed by atoms with Gasteiger partial charge in [0, 0.05) is 11.3 Å². The molecule has 0 spiro atoms. The van der Waals surface area contributed by atoms with Crippen molar-refractivity contribution in [2.75, 3.05) is 5.75 Å². The lowest BCUT2D eigenvalue weighted by Gasteiger charge is -2.24. The molecule has 0 saturated heterocycles. The molecule has 2 aliphatic carbocycles. The van der Waals surface area contributed by atoms with Crippen LogP contribution in [0.5, 0.6) is 0 Å². The minimum Gasteiger partial charge on any atom is -0.301 e. The second kappa shape index (κ2) is 4.84. The molecule has 0 amide bonds. The second-order valence-corrected chi connectivity index (χ2v) is 6.12. The third-order valence-corrected chi connectivity index (χ3v) is 4.96. The number of fused-ring (bicyclic) bond motifs is 1. The fourth-order valence-corrected chi connectivity index (χ4v) is 3.57. The van der Waals surface area contributed by atoms with Crippen LogP contribution >= 0.6 is 11.8 Å². The molecule has 1 fully saturated rings. The summed E-state index contributed by atoms with van der Waals surface area (Å²) in [7, 11) is 0. The topological polar surface area (TPSA) is 45.8 Å². The minimum absolute atomic E-state index is 0.103. The van der Waals surface area contributed by atoms with E-state index in [0.29, 0.717) is 0 Å². The molecule has 1 aromatic heterocycles. The van der Waals surface area contributed by atoms with Crippen molar-refractivity contribution in [3.05, 3.63) is 21.6 Å². The van der Waals surface area contributed by atoms with E-state index in [1.54, 1.807) is 11.8 Å². The molecule has 0 aromatic carbocycles. The van der Waals surface area contributed by atoms with Crippen LogP contribution in [0.15, 0.2) is 9.95 Å². The number of thioether (sulfide) groups is 1. The van der Waals surface area contributed by atoms with Gasteiger partial charge in [-0.25, -0.2) is 4.98 Å². The molecule has 4 heteroatoms. The molecular formula is C13H18N2OS. The van der Waals surface area contributed by atoms with Gasteiger partial charge in [0.15, 0.2) is 5.16 Å². The Morgan fingerprint density at radius 3 is 2.82 bits per heavy atom. The zero-order chi connectivity index (χ0) is 11.7. The zero-order valence-electron chi connectivity index (χ0n) is 10.00. The predicted molar refractivity (Wildman–Crippen MR) is 69.6 cm³/mol. The molecule has 0 radical (unpaired) electrons. The van der Waals surface area contributed by atoms with Crippen LogP contribution in [-0.4, -0.2) is 15.7 Å². The molecule has 2 aliphatic rings. The quantitative estimate of drug-likeness (QED) is 0.662. The van der Waals surface area contributed by atoms with Crippen molar-refractivity contribution in [2.24, 2.45) is 5.92 Å². The summed E-state index contributed by atoms with van der Waals surface area (Å²) >= 11 is 1.72. The molecule has 92 valence electrons. The first-order chi connectivity index (χ1) is 8.33. The lowest BCUT2D eigenvalue weighted by molar-refractivity contribution is 0.353. The van der Waals surface area contributed by atoms with Gasteiger partial charge in [-0.2, -0.15) is 0 Å². The van der Waals surface area contributed by atoms with Crippen LogP contribution in [0.25, 0.3) is 0 Å². The molecule has 0 unspecified atom stereocenters. The van der Waals surface area contributed by atoms with E-state index >= 15 is 0 Å². The minimum atomic E-state index is 0.103. The number of H-pyrrole nitrogens is 1. The summed E-state index contributed by atoms with van der Waals surface area (Å²) < 4.78 is 0. The van der Waals surface area contributed by atoms with E-state index in [0.717, 1.165) is 47.3 Å². The maximum absolute atomic E-state index is 11.9. The fraction of sp³-hybridized carbons (Fsp3) is 0.692. The Morgan fingerprint density at radius 2 is 2.06 bits per heavy atom. The summed E-state index contributed by atoms with van der Waals surface area (Å²) in [5.74, 6) is 1.96. The molecule has 0 bridgehead atoms. The van der Waals surface area contributed by atoms with Gasteiger partial charge in [0.05, 0.1) is 5.69 Å². The first-order valence-electron chi connectivity index (χ1n) is 6.58. The van der Waals surface area contributed by atoms with Crippen molar-refractivity contribution in [1.82, 2.24) is 9.97 Å². The Kier molecular flexibility index (Phi) is 3.23. The molecule has 1 heterocycles. The monoisotopic (exact) mass is 250 g/mol. The van der Waals surface area contributed by atoms with Gasteiger partial charge in [-0.3, -0.25) is 4.79 Å². The smallest absolute Gasteiger partial charge is 0.254 e. The maximum atomic E-state index is 11.9. The number of rotatable bonds is 3. The van der Waals surface area contributed by atoms with Crippen molar-refractivity contribution < 1.29 is 0 Å². The number of aryl methyl sites for hydroxylation is 1. The van der Waals surface area contributed by atoms with Crippen LogP contribution in [0.2, 0.25) is 0 Å². The van der Waals surface area contributed by atoms with Crippen LogP contribution in [0.3, 0.4) is 0 Å². The molecule has 1 aromatic rings. The third kappa shape index (κ3) is 2.41. The summed E-state index contributed by atoms with van der Waals surface area (Å²) in [4.78, 5) is 19.5. The SMILES string of the molecule is O=c1[nH]c(SCC2CCC2)nc2c1CCCC2. The largest absolute Gasteiger partial charge is 0.301 e. The number of hydrogen-bond acceptors (Lipinski definition) is 3. The van der Waals surface area contributed by atoms with E-state index in [-0.39, 0.29) is 5.56 Å². The van der Waals surface area contributed by atoms with Gasteiger partial charge >= 0.3 is 0 Å². The van der Waals surface area contributed by atoms with Gasteiger partial charge in [0.1, 0.15) is 0 Å². The van der Waals surface area contributed by atoms with Crippen molar-refractivity contribution in [1.29, 1.82) is 0 Å². The zero-order valence-corrected chi connectivity index (χ0v) is 10.8. The Bertz CT molecular complexity index is 465. The first kappa shape index (κ1) is 11.3. The van der Waals surface area contributed by atoms with Gasteiger partial charge in [-0.15, -0.1) is 0 Å². The van der Waals surface area contributed by atoms with Gasteiger partial charge in [-0.05, 0) is 44.4 Å². The average molecular weight is 250 g/mol. The van der Waals surface area contributed by atoms with E-state index in [1.165, 1.54) is 25.7 Å². The summed E-state index contributed by atoms with van der Waals surface area (Å²) in [5.41, 5.74) is 2.09. The fourth-order valence-electron chi connectivity index (χ4n) is 2.51. The van der Waals surface area contributed by atoms with Crippen LogP contribution in [0.1, 0.15) is 43.4 Å². The number of aromatic nitrogens is 2.